The molecule has 0 amide bonds. The van der Waals surface area contributed by atoms with Crippen molar-refractivity contribution in [2.75, 3.05) is 58.1 Å². The summed E-state index contributed by atoms with van der Waals surface area (Å²) in [5.41, 5.74) is 0. The minimum atomic E-state index is 0.758. The Balaban J connectivity index is 2.44. The van der Waals surface area contributed by atoms with Gasteiger partial charge in [-0.1, -0.05) is 6.92 Å². The van der Waals surface area contributed by atoms with E-state index in [4.69, 9.17) is 4.74 Å². The van der Waals surface area contributed by atoms with Crippen LogP contribution in [-0.4, -0.2) is 62.3 Å². The molecule has 0 aliphatic carbocycles. The highest BCUT2D eigenvalue weighted by atomic mass is 16.5. The smallest absolute Gasteiger partial charge is 0.132 e. The fourth-order valence-electron chi connectivity index (χ4n) is 1.61. The number of likely N-dealkylation sites (N-methyl/N-ethyl adjacent to an activating group) is 1. The lowest BCUT2D eigenvalue weighted by Gasteiger charge is -2.16. The number of methoxy groups -OCH3 is 1. The van der Waals surface area contributed by atoms with Crippen LogP contribution in [0.3, 0.4) is 0 Å². The minimum Gasteiger partial charge on any atom is -0.383 e. The van der Waals surface area contributed by atoms with E-state index in [1.54, 1.807) is 7.11 Å². The lowest BCUT2D eigenvalue weighted by molar-refractivity contribution is 0.163. The minimum absolute atomic E-state index is 0.758. The van der Waals surface area contributed by atoms with Gasteiger partial charge in [0.25, 0.3) is 0 Å². The predicted octanol–water partition coefficient (Wildman–Crippen LogP) is 1.07. The van der Waals surface area contributed by atoms with Gasteiger partial charge in [0.15, 0.2) is 0 Å². The van der Waals surface area contributed by atoms with Gasteiger partial charge in [0, 0.05) is 46.3 Å². The van der Waals surface area contributed by atoms with Crippen LogP contribution < -0.4 is 10.6 Å². The number of nitrogens with zero attached hydrogens (tertiary/aromatic N) is 3. The maximum absolute atomic E-state index is 5.05. The van der Waals surface area contributed by atoms with Crippen LogP contribution in [0.1, 0.15) is 12.7 Å². The lowest BCUT2D eigenvalue weighted by Crippen LogP contribution is -2.28. The van der Waals surface area contributed by atoms with E-state index >= 15 is 0 Å². The topological polar surface area (TPSA) is 62.3 Å². The van der Waals surface area contributed by atoms with Gasteiger partial charge < -0.3 is 20.3 Å². The van der Waals surface area contributed by atoms with E-state index in [0.29, 0.717) is 0 Å². The van der Waals surface area contributed by atoms with Gasteiger partial charge in [-0.3, -0.25) is 0 Å². The highest BCUT2D eigenvalue weighted by molar-refractivity contribution is 5.47. The summed E-state index contributed by atoms with van der Waals surface area (Å²) in [5, 5.41) is 6.38. The third-order valence-electron chi connectivity index (χ3n) is 2.82. The molecule has 0 fully saturated rings. The second kappa shape index (κ2) is 8.66. The highest BCUT2D eigenvalue weighted by Gasteiger charge is 2.03. The molecule has 0 bridgehead atoms. The molecule has 1 rings (SSSR count). The van der Waals surface area contributed by atoms with Gasteiger partial charge in [0.1, 0.15) is 17.5 Å². The third-order valence-corrected chi connectivity index (χ3v) is 2.82. The number of ether oxygens (including phenoxy) is 1. The van der Waals surface area contributed by atoms with Gasteiger partial charge in [0.05, 0.1) is 6.61 Å². The van der Waals surface area contributed by atoms with Gasteiger partial charge in [-0.15, -0.1) is 0 Å². The Kier molecular flexibility index (Phi) is 7.14. The molecule has 0 atom stereocenters. The van der Waals surface area contributed by atoms with E-state index in [9.17, 15) is 0 Å². The van der Waals surface area contributed by atoms with Crippen molar-refractivity contribution in [1.82, 2.24) is 14.9 Å². The van der Waals surface area contributed by atoms with Crippen molar-refractivity contribution in [1.29, 1.82) is 0 Å². The molecule has 0 aliphatic heterocycles. The Morgan fingerprint density at radius 3 is 2.63 bits per heavy atom. The number of hydrogen-bond donors (Lipinski definition) is 2. The van der Waals surface area contributed by atoms with Crippen molar-refractivity contribution in [3.05, 3.63) is 11.9 Å². The molecule has 0 radical (unpaired) electrons. The standard InChI is InChI=1S/C13H25N5O/c1-5-11-16-12(14-2)10-13(17-11)15-6-7-18(3)8-9-19-4/h10H,5-9H2,1-4H3,(H2,14,15,16,17). The van der Waals surface area contributed by atoms with Gasteiger partial charge >= 0.3 is 0 Å². The molecule has 6 nitrogen and oxygen atoms in total. The average Bonchev–Trinajstić information content (AvgIpc) is 2.44. The van der Waals surface area contributed by atoms with Crippen LogP contribution >= 0.6 is 0 Å². The van der Waals surface area contributed by atoms with Gasteiger partial charge in [-0.05, 0) is 7.05 Å². The molecular weight excluding hydrogens is 242 g/mol. The Bertz CT molecular complexity index is 350. The SMILES string of the molecule is CCc1nc(NC)cc(NCCN(C)CCOC)n1. The van der Waals surface area contributed by atoms with Gasteiger partial charge in [-0.25, -0.2) is 9.97 Å². The second-order valence-corrected chi connectivity index (χ2v) is 4.38. The van der Waals surface area contributed by atoms with Gasteiger partial charge in [-0.2, -0.15) is 0 Å². The zero-order valence-electron chi connectivity index (χ0n) is 12.4. The lowest BCUT2D eigenvalue weighted by atomic mass is 10.4. The van der Waals surface area contributed by atoms with Crippen LogP contribution in [0.15, 0.2) is 6.07 Å². The monoisotopic (exact) mass is 267 g/mol. The van der Waals surface area contributed by atoms with Crippen molar-refractivity contribution in [2.45, 2.75) is 13.3 Å². The maximum Gasteiger partial charge on any atom is 0.132 e. The van der Waals surface area contributed by atoms with E-state index in [-0.39, 0.29) is 0 Å². The summed E-state index contributed by atoms with van der Waals surface area (Å²) in [7, 11) is 5.67. The molecule has 0 unspecified atom stereocenters. The molecule has 1 aromatic heterocycles. The largest absolute Gasteiger partial charge is 0.383 e. The molecule has 2 N–H and O–H groups in total. The molecule has 1 heterocycles. The van der Waals surface area contributed by atoms with Crippen LogP contribution in [0.2, 0.25) is 0 Å². The molecule has 0 spiro atoms. The number of hydrogen-bond acceptors (Lipinski definition) is 6. The highest BCUT2D eigenvalue weighted by Crippen LogP contribution is 2.10. The Morgan fingerprint density at radius 2 is 2.00 bits per heavy atom. The van der Waals surface area contributed by atoms with Crippen LogP contribution in [0, 0.1) is 0 Å². The molecule has 108 valence electrons. The van der Waals surface area contributed by atoms with Crippen molar-refractivity contribution in [3.63, 3.8) is 0 Å². The number of anilines is 2. The van der Waals surface area contributed by atoms with E-state index < -0.39 is 0 Å². The molecule has 0 aromatic carbocycles. The van der Waals surface area contributed by atoms with Crippen molar-refractivity contribution in [2.24, 2.45) is 0 Å². The number of aryl methyl sites for hydroxylation is 1. The summed E-state index contributed by atoms with van der Waals surface area (Å²) in [6, 6.07) is 1.92. The summed E-state index contributed by atoms with van der Waals surface area (Å²) < 4.78 is 5.05. The third kappa shape index (κ3) is 5.85. The molecule has 6 heteroatoms. The number of rotatable bonds is 9. The zero-order chi connectivity index (χ0) is 14.1. The first-order chi connectivity index (χ1) is 9.19. The van der Waals surface area contributed by atoms with Crippen LogP contribution in [0.25, 0.3) is 0 Å². The fraction of sp³-hybridized carbons (Fsp3) is 0.692. The molecular formula is C13H25N5O. The number of nitrogens with one attached hydrogen (secondary N) is 2. The normalized spacial score (nSPS) is 10.8. The van der Waals surface area contributed by atoms with E-state index in [1.807, 2.05) is 13.1 Å². The molecule has 0 saturated carbocycles. The van der Waals surface area contributed by atoms with Crippen LogP contribution in [0.4, 0.5) is 11.6 Å². The molecule has 0 saturated heterocycles. The Morgan fingerprint density at radius 1 is 1.26 bits per heavy atom. The average molecular weight is 267 g/mol. The summed E-state index contributed by atoms with van der Waals surface area (Å²) in [4.78, 5) is 11.0. The summed E-state index contributed by atoms with van der Waals surface area (Å²) in [6.45, 7) is 5.54. The van der Waals surface area contributed by atoms with Crippen LogP contribution in [-0.2, 0) is 11.2 Å². The van der Waals surface area contributed by atoms with Crippen LogP contribution in [0.5, 0.6) is 0 Å². The Hall–Kier alpha value is -1.40. The first kappa shape index (κ1) is 15.7. The van der Waals surface area contributed by atoms with E-state index in [0.717, 1.165) is 50.1 Å². The summed E-state index contributed by atoms with van der Waals surface area (Å²) in [5.74, 6) is 2.57. The zero-order valence-corrected chi connectivity index (χ0v) is 12.4. The molecule has 0 aliphatic rings. The first-order valence-electron chi connectivity index (χ1n) is 6.66. The quantitative estimate of drug-likeness (QED) is 0.698. The Labute approximate surface area is 115 Å². The van der Waals surface area contributed by atoms with E-state index in [2.05, 4.69) is 39.5 Å². The van der Waals surface area contributed by atoms with Gasteiger partial charge in [0.2, 0.25) is 0 Å². The molecule has 1 aromatic rings. The fourth-order valence-corrected chi connectivity index (χ4v) is 1.61. The van der Waals surface area contributed by atoms with Crippen molar-refractivity contribution in [3.8, 4) is 0 Å². The first-order valence-corrected chi connectivity index (χ1v) is 6.66. The van der Waals surface area contributed by atoms with Crippen molar-refractivity contribution >= 4 is 11.6 Å². The summed E-state index contributed by atoms with van der Waals surface area (Å²) >= 11 is 0. The molecule has 19 heavy (non-hydrogen) atoms. The predicted molar refractivity (Wildman–Crippen MR) is 78.8 cm³/mol. The van der Waals surface area contributed by atoms with Crippen molar-refractivity contribution < 1.29 is 4.74 Å². The number of aromatic nitrogens is 2. The van der Waals surface area contributed by atoms with E-state index in [1.165, 1.54) is 0 Å². The second-order valence-electron chi connectivity index (χ2n) is 4.38. The summed E-state index contributed by atoms with van der Waals surface area (Å²) in [6.07, 6.45) is 0.831. The maximum atomic E-state index is 5.05.